The Morgan fingerprint density at radius 3 is 2.56 bits per heavy atom. The molecule has 0 unspecified atom stereocenters. The van der Waals surface area contributed by atoms with Crippen LogP contribution < -0.4 is 11.2 Å². The van der Waals surface area contributed by atoms with Gasteiger partial charge in [0, 0.05) is 36.3 Å². The lowest BCUT2D eigenvalue weighted by molar-refractivity contribution is 0.252. The van der Waals surface area contributed by atoms with Gasteiger partial charge in [-0.3, -0.25) is 14.3 Å². The molecule has 0 aliphatic carbocycles. The number of rotatable bonds is 2. The zero-order valence-electron chi connectivity index (χ0n) is 14.5. The van der Waals surface area contributed by atoms with E-state index in [0.717, 1.165) is 42.5 Å². The van der Waals surface area contributed by atoms with Crippen LogP contribution in [0.15, 0.2) is 46.1 Å². The molecule has 1 N–H and O–H groups in total. The third-order valence-corrected chi connectivity index (χ3v) is 5.32. The highest BCUT2D eigenvalue weighted by molar-refractivity contribution is 5.89. The molecule has 1 aromatic carbocycles. The Morgan fingerprint density at radius 1 is 1.08 bits per heavy atom. The van der Waals surface area contributed by atoms with Crippen LogP contribution in [0.4, 0.5) is 0 Å². The van der Waals surface area contributed by atoms with Gasteiger partial charge in [0.2, 0.25) is 0 Å². The van der Waals surface area contributed by atoms with Crippen LogP contribution in [0, 0.1) is 0 Å². The van der Waals surface area contributed by atoms with E-state index in [1.54, 1.807) is 0 Å². The van der Waals surface area contributed by atoms with Crippen molar-refractivity contribution < 1.29 is 0 Å². The van der Waals surface area contributed by atoms with Gasteiger partial charge in [0.15, 0.2) is 0 Å². The first-order valence-electron chi connectivity index (χ1n) is 8.64. The van der Waals surface area contributed by atoms with Gasteiger partial charge in [-0.05, 0) is 51.2 Å². The lowest BCUT2D eigenvalue weighted by atomic mass is 9.93. The molecule has 2 aromatic heterocycles. The summed E-state index contributed by atoms with van der Waals surface area (Å²) in [7, 11) is 4.26. The lowest BCUT2D eigenvalue weighted by Crippen LogP contribution is -2.29. The van der Waals surface area contributed by atoms with Crippen molar-refractivity contribution in [2.45, 2.75) is 18.8 Å². The number of fused-ring (bicyclic) bond motifs is 1. The van der Waals surface area contributed by atoms with Crippen LogP contribution >= 0.6 is 0 Å². The van der Waals surface area contributed by atoms with Crippen LogP contribution in [0.25, 0.3) is 16.6 Å². The molecule has 3 aromatic rings. The molecule has 0 saturated carbocycles. The first kappa shape index (κ1) is 15.9. The second kappa shape index (κ2) is 6.04. The molecule has 6 nitrogen and oxygen atoms in total. The fraction of sp³-hybridized carbons (Fsp3) is 0.368. The van der Waals surface area contributed by atoms with Crippen molar-refractivity contribution in [3.05, 3.63) is 63.1 Å². The number of hydrogen-bond donors (Lipinski definition) is 1. The van der Waals surface area contributed by atoms with Gasteiger partial charge in [-0.1, -0.05) is 6.07 Å². The molecule has 0 atom stereocenters. The van der Waals surface area contributed by atoms with Crippen LogP contribution in [-0.4, -0.2) is 39.2 Å². The normalized spacial score (nSPS) is 16.6. The highest BCUT2D eigenvalue weighted by Gasteiger charge is 2.22. The lowest BCUT2D eigenvalue weighted by Gasteiger charge is -2.29. The van der Waals surface area contributed by atoms with Crippen molar-refractivity contribution in [1.29, 1.82) is 0 Å². The standard InChI is InChI=1S/C19H22N4O2/c1-21-9-6-13(7-10-21)17-12-14-15(22(17)2)4-3-5-16(14)23-11-8-18(24)20-19(23)25/h3-5,8,11-13H,6-7,9-10H2,1-2H3,(H,20,24,25). The van der Waals surface area contributed by atoms with Gasteiger partial charge in [-0.25, -0.2) is 4.79 Å². The summed E-state index contributed by atoms with van der Waals surface area (Å²) < 4.78 is 3.74. The summed E-state index contributed by atoms with van der Waals surface area (Å²) in [5.41, 5.74) is 2.42. The maximum Gasteiger partial charge on any atom is 0.332 e. The highest BCUT2D eigenvalue weighted by Crippen LogP contribution is 2.33. The van der Waals surface area contributed by atoms with E-state index >= 15 is 0 Å². The Kier molecular flexibility index (Phi) is 3.84. The van der Waals surface area contributed by atoms with E-state index in [9.17, 15) is 9.59 Å². The van der Waals surface area contributed by atoms with Crippen molar-refractivity contribution in [2.24, 2.45) is 7.05 Å². The summed E-state index contributed by atoms with van der Waals surface area (Å²) in [4.78, 5) is 28.3. The monoisotopic (exact) mass is 338 g/mol. The van der Waals surface area contributed by atoms with Gasteiger partial charge in [0.1, 0.15) is 0 Å². The summed E-state index contributed by atoms with van der Waals surface area (Å²) in [6.07, 6.45) is 3.83. The van der Waals surface area contributed by atoms with Gasteiger partial charge in [-0.2, -0.15) is 0 Å². The van der Waals surface area contributed by atoms with Crippen molar-refractivity contribution in [3.63, 3.8) is 0 Å². The largest absolute Gasteiger partial charge is 0.347 e. The number of aromatic amines is 1. The maximum absolute atomic E-state index is 12.2. The molecule has 130 valence electrons. The number of aromatic nitrogens is 3. The van der Waals surface area contributed by atoms with E-state index in [0.29, 0.717) is 5.92 Å². The maximum atomic E-state index is 12.2. The molecule has 1 aliphatic heterocycles. The quantitative estimate of drug-likeness (QED) is 0.775. The zero-order valence-corrected chi connectivity index (χ0v) is 14.5. The first-order chi connectivity index (χ1) is 12.0. The number of hydrogen-bond acceptors (Lipinski definition) is 3. The zero-order chi connectivity index (χ0) is 17.6. The Labute approximate surface area is 145 Å². The molecule has 6 heteroatoms. The van der Waals surface area contributed by atoms with E-state index in [4.69, 9.17) is 0 Å². The van der Waals surface area contributed by atoms with E-state index < -0.39 is 5.69 Å². The van der Waals surface area contributed by atoms with E-state index in [2.05, 4.69) is 40.7 Å². The fourth-order valence-electron chi connectivity index (χ4n) is 3.88. The molecular formula is C19H22N4O2. The van der Waals surface area contributed by atoms with Crippen LogP contribution in [0.3, 0.4) is 0 Å². The summed E-state index contributed by atoms with van der Waals surface area (Å²) >= 11 is 0. The molecule has 0 spiro atoms. The summed E-state index contributed by atoms with van der Waals surface area (Å²) in [6.45, 7) is 2.22. The van der Waals surface area contributed by atoms with Crippen molar-refractivity contribution in [2.75, 3.05) is 20.1 Å². The Bertz CT molecular complexity index is 1040. The average molecular weight is 338 g/mol. The van der Waals surface area contributed by atoms with Crippen molar-refractivity contribution in [1.82, 2.24) is 19.0 Å². The summed E-state index contributed by atoms with van der Waals surface area (Å²) in [6, 6.07) is 9.53. The Balaban J connectivity index is 1.86. The highest BCUT2D eigenvalue weighted by atomic mass is 16.2. The third-order valence-electron chi connectivity index (χ3n) is 5.32. The minimum Gasteiger partial charge on any atom is -0.347 e. The minimum absolute atomic E-state index is 0.381. The number of H-pyrrole nitrogens is 1. The molecule has 1 aliphatic rings. The predicted molar refractivity (Wildman–Crippen MR) is 98.6 cm³/mol. The molecule has 0 bridgehead atoms. The first-order valence-corrected chi connectivity index (χ1v) is 8.64. The van der Waals surface area contributed by atoms with Gasteiger partial charge >= 0.3 is 5.69 Å². The third kappa shape index (κ3) is 2.72. The predicted octanol–water partition coefficient (Wildman–Crippen LogP) is 1.83. The van der Waals surface area contributed by atoms with E-state index in [1.165, 1.54) is 22.5 Å². The fourth-order valence-corrected chi connectivity index (χ4v) is 3.88. The number of likely N-dealkylation sites (tertiary alicyclic amines) is 1. The smallest absolute Gasteiger partial charge is 0.332 e. The Morgan fingerprint density at radius 2 is 1.84 bits per heavy atom. The second-order valence-corrected chi connectivity index (χ2v) is 6.90. The number of aryl methyl sites for hydroxylation is 1. The molecule has 25 heavy (non-hydrogen) atoms. The molecule has 3 heterocycles. The molecule has 0 amide bonds. The topological polar surface area (TPSA) is 63.0 Å². The van der Waals surface area contributed by atoms with E-state index in [-0.39, 0.29) is 5.56 Å². The van der Waals surface area contributed by atoms with Gasteiger partial charge in [-0.15, -0.1) is 0 Å². The van der Waals surface area contributed by atoms with Crippen LogP contribution in [-0.2, 0) is 7.05 Å². The van der Waals surface area contributed by atoms with Gasteiger partial charge in [0.05, 0.1) is 11.2 Å². The number of benzene rings is 1. The molecule has 0 radical (unpaired) electrons. The van der Waals surface area contributed by atoms with Crippen molar-refractivity contribution >= 4 is 10.9 Å². The number of nitrogens with one attached hydrogen (secondary N) is 1. The van der Waals surface area contributed by atoms with Crippen molar-refractivity contribution in [3.8, 4) is 5.69 Å². The van der Waals surface area contributed by atoms with Crippen LogP contribution in [0.5, 0.6) is 0 Å². The van der Waals surface area contributed by atoms with E-state index in [1.807, 2.05) is 12.1 Å². The second-order valence-electron chi connectivity index (χ2n) is 6.90. The SMILES string of the molecule is CN1CCC(c2cc3c(-n4ccc(=O)[nH]c4=O)cccc3n2C)CC1. The molecule has 1 saturated heterocycles. The molecular weight excluding hydrogens is 316 g/mol. The summed E-state index contributed by atoms with van der Waals surface area (Å²) in [5, 5.41) is 1.04. The number of nitrogens with zero attached hydrogens (tertiary/aromatic N) is 3. The van der Waals surface area contributed by atoms with Gasteiger partial charge in [0.25, 0.3) is 5.56 Å². The molecule has 4 rings (SSSR count). The molecule has 1 fully saturated rings. The number of piperidine rings is 1. The average Bonchev–Trinajstić information content (AvgIpc) is 2.93. The van der Waals surface area contributed by atoms with Crippen LogP contribution in [0.2, 0.25) is 0 Å². The minimum atomic E-state index is -0.412. The van der Waals surface area contributed by atoms with Gasteiger partial charge < -0.3 is 9.47 Å². The summed E-state index contributed by atoms with van der Waals surface area (Å²) in [5.74, 6) is 0.536. The van der Waals surface area contributed by atoms with Crippen LogP contribution in [0.1, 0.15) is 24.5 Å². The Hall–Kier alpha value is -2.60.